The molecule has 158 valence electrons. The lowest BCUT2D eigenvalue weighted by molar-refractivity contribution is -0.325. The van der Waals surface area contributed by atoms with E-state index < -0.39 is 41.9 Å². The molecule has 0 amide bonds. The van der Waals surface area contributed by atoms with Gasteiger partial charge < -0.3 is 29.9 Å². The maximum Gasteiger partial charge on any atom is 0.187 e. The molecule has 3 rings (SSSR count). The summed E-state index contributed by atoms with van der Waals surface area (Å²) in [6.45, 7) is 9.93. The molecular formula is C21H38O6. The number of ether oxygens (including phenoxy) is 2. The molecule has 27 heavy (non-hydrogen) atoms. The van der Waals surface area contributed by atoms with Gasteiger partial charge in [-0.3, -0.25) is 0 Å². The Labute approximate surface area is 162 Å². The van der Waals surface area contributed by atoms with E-state index in [1.165, 1.54) is 0 Å². The van der Waals surface area contributed by atoms with Crippen molar-refractivity contribution in [2.75, 3.05) is 0 Å². The fourth-order valence-corrected chi connectivity index (χ4v) is 5.83. The Hall–Kier alpha value is -0.240. The van der Waals surface area contributed by atoms with E-state index in [1.54, 1.807) is 6.92 Å². The normalized spacial score (nSPS) is 51.7. The first-order chi connectivity index (χ1) is 12.4. The highest BCUT2D eigenvalue weighted by molar-refractivity contribution is 5.03. The van der Waals surface area contributed by atoms with Gasteiger partial charge in [-0.05, 0) is 77.0 Å². The van der Waals surface area contributed by atoms with E-state index >= 15 is 0 Å². The molecule has 9 atom stereocenters. The second kappa shape index (κ2) is 7.22. The van der Waals surface area contributed by atoms with E-state index in [9.17, 15) is 20.4 Å². The molecule has 6 nitrogen and oxygen atoms in total. The molecule has 1 saturated heterocycles. The van der Waals surface area contributed by atoms with Gasteiger partial charge >= 0.3 is 0 Å². The number of aliphatic hydroxyl groups is 4. The van der Waals surface area contributed by atoms with Crippen molar-refractivity contribution in [3.63, 3.8) is 0 Å². The predicted octanol–water partition coefficient (Wildman–Crippen LogP) is 1.97. The van der Waals surface area contributed by atoms with Crippen molar-refractivity contribution in [2.45, 2.75) is 115 Å². The van der Waals surface area contributed by atoms with E-state index in [1.807, 2.05) is 20.8 Å². The fourth-order valence-electron chi connectivity index (χ4n) is 5.83. The lowest BCUT2D eigenvalue weighted by Crippen LogP contribution is -2.60. The number of hydrogen-bond donors (Lipinski definition) is 4. The first-order valence-electron chi connectivity index (χ1n) is 10.5. The predicted molar refractivity (Wildman–Crippen MR) is 101 cm³/mol. The van der Waals surface area contributed by atoms with Gasteiger partial charge in [0.15, 0.2) is 6.29 Å². The number of aliphatic hydroxyl groups excluding tert-OH is 3. The molecule has 6 heteroatoms. The van der Waals surface area contributed by atoms with Crippen LogP contribution in [0.1, 0.15) is 73.1 Å². The Morgan fingerprint density at radius 1 is 1.00 bits per heavy atom. The minimum Gasteiger partial charge on any atom is -0.390 e. The van der Waals surface area contributed by atoms with Crippen LogP contribution >= 0.6 is 0 Å². The zero-order chi connectivity index (χ0) is 20.2. The molecule has 0 aromatic carbocycles. The van der Waals surface area contributed by atoms with Crippen molar-refractivity contribution in [2.24, 2.45) is 17.3 Å². The summed E-state index contributed by atoms with van der Waals surface area (Å²) in [7, 11) is 0. The molecule has 0 radical (unpaired) electrons. The Kier molecular flexibility index (Phi) is 5.74. The van der Waals surface area contributed by atoms with Gasteiger partial charge in [0, 0.05) is 0 Å². The number of hydrogen-bond acceptors (Lipinski definition) is 6. The van der Waals surface area contributed by atoms with Gasteiger partial charge in [-0.25, -0.2) is 0 Å². The van der Waals surface area contributed by atoms with Crippen molar-refractivity contribution < 1.29 is 29.9 Å². The molecule has 3 aliphatic rings. The molecule has 3 fully saturated rings. The van der Waals surface area contributed by atoms with E-state index in [2.05, 4.69) is 6.92 Å². The molecule has 0 bridgehead atoms. The quantitative estimate of drug-likeness (QED) is 0.592. The maximum atomic E-state index is 11.0. The number of fused-ring (bicyclic) bond motifs is 1. The monoisotopic (exact) mass is 386 g/mol. The van der Waals surface area contributed by atoms with E-state index in [4.69, 9.17) is 9.47 Å². The summed E-state index contributed by atoms with van der Waals surface area (Å²) >= 11 is 0. The summed E-state index contributed by atoms with van der Waals surface area (Å²) < 4.78 is 11.8. The van der Waals surface area contributed by atoms with Gasteiger partial charge in [-0.15, -0.1) is 0 Å². The van der Waals surface area contributed by atoms with Gasteiger partial charge in [-0.2, -0.15) is 0 Å². The van der Waals surface area contributed by atoms with Crippen LogP contribution in [0, 0.1) is 17.3 Å². The zero-order valence-electron chi connectivity index (χ0n) is 17.4. The minimum atomic E-state index is -1.29. The molecule has 2 aliphatic carbocycles. The molecule has 1 aliphatic heterocycles. The molecule has 2 saturated carbocycles. The van der Waals surface area contributed by atoms with Crippen LogP contribution in [-0.4, -0.2) is 62.3 Å². The summed E-state index contributed by atoms with van der Waals surface area (Å²) in [5, 5.41) is 41.2. The topological polar surface area (TPSA) is 99.4 Å². The second-order valence-corrected chi connectivity index (χ2v) is 10.3. The van der Waals surface area contributed by atoms with Gasteiger partial charge in [0.1, 0.15) is 18.3 Å². The Bertz CT molecular complexity index is 535. The lowest BCUT2D eigenvalue weighted by Gasteiger charge is -2.56. The van der Waals surface area contributed by atoms with Crippen LogP contribution in [-0.2, 0) is 9.47 Å². The highest BCUT2D eigenvalue weighted by Crippen LogP contribution is 2.57. The molecule has 0 aromatic rings. The third kappa shape index (κ3) is 3.94. The maximum absolute atomic E-state index is 11.0. The summed E-state index contributed by atoms with van der Waals surface area (Å²) in [4.78, 5) is 0. The first-order valence-corrected chi connectivity index (χ1v) is 10.5. The van der Waals surface area contributed by atoms with Gasteiger partial charge in [0.2, 0.25) is 0 Å². The van der Waals surface area contributed by atoms with Crippen LogP contribution < -0.4 is 0 Å². The highest BCUT2D eigenvalue weighted by Gasteiger charge is 2.54. The molecule has 1 heterocycles. The summed E-state index contributed by atoms with van der Waals surface area (Å²) in [6.07, 6.45) is 0.704. The lowest BCUT2D eigenvalue weighted by atomic mass is 9.52. The van der Waals surface area contributed by atoms with Crippen LogP contribution in [0.5, 0.6) is 0 Å². The average Bonchev–Trinajstić information content (AvgIpc) is 2.56. The standard InChI is InChI=1S/C21H38O6/c1-12-15(22)16(23)17(24)18(26-12)27-19(2,3)13-7-10-20(4)8-6-9-21(5,25)14(20)11-13/h12-18,22-25H,6-11H2,1-5H3/t12-,13+,14+,15-,16+,17-,18-,20+,21+/m0/s1. The zero-order valence-corrected chi connectivity index (χ0v) is 17.4. The third-order valence-electron chi connectivity index (χ3n) is 7.82. The largest absolute Gasteiger partial charge is 0.390 e. The van der Waals surface area contributed by atoms with Crippen molar-refractivity contribution in [3.8, 4) is 0 Å². The molecule has 0 unspecified atom stereocenters. The van der Waals surface area contributed by atoms with Crippen molar-refractivity contribution in [1.82, 2.24) is 0 Å². The summed E-state index contributed by atoms with van der Waals surface area (Å²) in [6, 6.07) is 0. The van der Waals surface area contributed by atoms with Gasteiger partial charge in [0.05, 0.1) is 17.3 Å². The number of rotatable bonds is 3. The van der Waals surface area contributed by atoms with Gasteiger partial charge in [-0.1, -0.05) is 13.3 Å². The fraction of sp³-hybridized carbons (Fsp3) is 1.00. The Morgan fingerprint density at radius 2 is 1.67 bits per heavy atom. The molecular weight excluding hydrogens is 348 g/mol. The summed E-state index contributed by atoms with van der Waals surface area (Å²) in [5.41, 5.74) is -1.07. The third-order valence-corrected chi connectivity index (χ3v) is 7.82. The van der Waals surface area contributed by atoms with Crippen molar-refractivity contribution in [1.29, 1.82) is 0 Å². The molecule has 4 N–H and O–H groups in total. The van der Waals surface area contributed by atoms with Crippen LogP contribution in [0.4, 0.5) is 0 Å². The van der Waals surface area contributed by atoms with Gasteiger partial charge in [0.25, 0.3) is 0 Å². The Balaban J connectivity index is 1.72. The summed E-state index contributed by atoms with van der Waals surface area (Å²) in [5.74, 6) is 0.444. The second-order valence-electron chi connectivity index (χ2n) is 10.3. The van der Waals surface area contributed by atoms with Crippen LogP contribution in [0.3, 0.4) is 0 Å². The average molecular weight is 387 g/mol. The highest BCUT2D eigenvalue weighted by atomic mass is 16.7. The smallest absolute Gasteiger partial charge is 0.187 e. The van der Waals surface area contributed by atoms with Crippen molar-refractivity contribution >= 4 is 0 Å². The van der Waals surface area contributed by atoms with E-state index in [0.29, 0.717) is 0 Å². The van der Waals surface area contributed by atoms with Crippen LogP contribution in [0.15, 0.2) is 0 Å². The van der Waals surface area contributed by atoms with Crippen molar-refractivity contribution in [3.05, 3.63) is 0 Å². The van der Waals surface area contributed by atoms with Crippen LogP contribution in [0.2, 0.25) is 0 Å². The molecule has 0 aromatic heterocycles. The molecule has 0 spiro atoms. The first kappa shape index (κ1) is 21.5. The minimum absolute atomic E-state index is 0.171. The van der Waals surface area contributed by atoms with E-state index in [-0.39, 0.29) is 17.3 Å². The van der Waals surface area contributed by atoms with E-state index in [0.717, 1.165) is 38.5 Å². The van der Waals surface area contributed by atoms with Crippen LogP contribution in [0.25, 0.3) is 0 Å². The Morgan fingerprint density at radius 3 is 2.33 bits per heavy atom. The SMILES string of the molecule is C[C@@H]1O[C@@H](OC(C)(C)[C@@H]2CC[C@@]3(C)CCC[C@@](C)(O)[C@@H]3C2)[C@@H](O)[C@H](O)[C@H]1O.